The number of nitrogens with zero attached hydrogens (tertiary/aromatic N) is 2. The van der Waals surface area contributed by atoms with Crippen LogP contribution in [0, 0.1) is 5.92 Å². The Kier molecular flexibility index (Phi) is 6.59. The van der Waals surface area contributed by atoms with Gasteiger partial charge in [-0.15, -0.1) is 0 Å². The minimum atomic E-state index is -4.49. The predicted octanol–water partition coefficient (Wildman–Crippen LogP) is 4.26. The lowest BCUT2D eigenvalue weighted by Gasteiger charge is -2.30. The summed E-state index contributed by atoms with van der Waals surface area (Å²) in [4.78, 5) is 30.5. The van der Waals surface area contributed by atoms with Crippen LogP contribution in [0.2, 0.25) is 0 Å². The van der Waals surface area contributed by atoms with Gasteiger partial charge in [-0.2, -0.15) is 13.2 Å². The molecule has 1 aliphatic heterocycles. The molecule has 0 radical (unpaired) electrons. The van der Waals surface area contributed by atoms with Crippen molar-refractivity contribution in [2.24, 2.45) is 5.92 Å². The molecule has 1 fully saturated rings. The number of benzene rings is 1. The monoisotopic (exact) mass is 421 g/mol. The lowest BCUT2D eigenvalue weighted by atomic mass is 10.0. The molecule has 30 heavy (non-hydrogen) atoms. The van der Waals surface area contributed by atoms with Gasteiger partial charge >= 0.3 is 12.1 Å². The minimum absolute atomic E-state index is 0.0229. The van der Waals surface area contributed by atoms with Crippen LogP contribution in [-0.2, 0) is 15.7 Å². The van der Waals surface area contributed by atoms with Gasteiger partial charge in [0.1, 0.15) is 11.4 Å². The van der Waals surface area contributed by atoms with E-state index < -0.39 is 24.3 Å². The van der Waals surface area contributed by atoms with E-state index in [9.17, 15) is 22.8 Å². The van der Waals surface area contributed by atoms with E-state index in [1.807, 2.05) is 0 Å². The van der Waals surface area contributed by atoms with E-state index in [2.05, 4.69) is 17.2 Å². The Balaban J connectivity index is 1.67. The van der Waals surface area contributed by atoms with E-state index in [4.69, 9.17) is 4.74 Å². The average Bonchev–Trinajstić information content (AvgIpc) is 2.72. The van der Waals surface area contributed by atoms with Crippen LogP contribution in [0.4, 0.5) is 24.7 Å². The first kappa shape index (κ1) is 21.6. The second kappa shape index (κ2) is 9.15. The van der Waals surface area contributed by atoms with E-state index in [1.54, 1.807) is 4.90 Å². The van der Waals surface area contributed by atoms with Crippen LogP contribution in [0.3, 0.4) is 0 Å². The lowest BCUT2D eigenvalue weighted by Crippen LogP contribution is -2.41. The van der Waals surface area contributed by atoms with Crippen molar-refractivity contribution >= 4 is 23.4 Å². The summed E-state index contributed by atoms with van der Waals surface area (Å²) in [5.41, 5.74) is -0.681. The first-order valence-electron chi connectivity index (χ1n) is 9.58. The van der Waals surface area contributed by atoms with Crippen molar-refractivity contribution in [2.45, 2.75) is 25.9 Å². The number of pyridine rings is 1. The third-order valence-electron chi connectivity index (χ3n) is 4.82. The Labute approximate surface area is 172 Å². The standard InChI is InChI=1S/C21H22F3N3O3/c1-14-5-4-10-27(12-14)18(28)13-30-20(29)17-8-3-9-25-19(17)26-16-7-2-6-15(11-16)21(22,23)24/h2-3,6-9,11,14H,4-5,10,12-13H2,1H3,(H,25,26)/t14-/m1/s1. The van der Waals surface area contributed by atoms with E-state index in [0.717, 1.165) is 25.0 Å². The van der Waals surface area contributed by atoms with Crippen LogP contribution in [0.1, 0.15) is 35.7 Å². The summed E-state index contributed by atoms with van der Waals surface area (Å²) in [7, 11) is 0. The van der Waals surface area contributed by atoms with Crippen molar-refractivity contribution in [1.82, 2.24) is 9.88 Å². The Morgan fingerprint density at radius 2 is 2.07 bits per heavy atom. The molecule has 9 heteroatoms. The maximum atomic E-state index is 12.9. The maximum Gasteiger partial charge on any atom is 0.416 e. The average molecular weight is 421 g/mol. The molecule has 2 aromatic rings. The van der Waals surface area contributed by atoms with E-state index >= 15 is 0 Å². The third kappa shape index (κ3) is 5.49. The Bertz CT molecular complexity index is 918. The summed E-state index contributed by atoms with van der Waals surface area (Å²) in [5, 5.41) is 2.72. The zero-order valence-electron chi connectivity index (χ0n) is 16.4. The van der Waals surface area contributed by atoms with Crippen LogP contribution in [0.25, 0.3) is 0 Å². The summed E-state index contributed by atoms with van der Waals surface area (Å²) in [6, 6.07) is 7.49. The van der Waals surface area contributed by atoms with Crippen LogP contribution in [0.5, 0.6) is 0 Å². The smallest absolute Gasteiger partial charge is 0.416 e. The van der Waals surface area contributed by atoms with Crippen molar-refractivity contribution in [3.8, 4) is 0 Å². The van der Waals surface area contributed by atoms with Gasteiger partial charge in [-0.1, -0.05) is 13.0 Å². The molecule has 1 amide bonds. The predicted molar refractivity (Wildman–Crippen MR) is 104 cm³/mol. The number of piperidine rings is 1. The topological polar surface area (TPSA) is 71.5 Å². The summed E-state index contributed by atoms with van der Waals surface area (Å²) in [5.74, 6) is -0.608. The summed E-state index contributed by atoms with van der Waals surface area (Å²) in [6.07, 6.45) is -1.12. The number of hydrogen-bond acceptors (Lipinski definition) is 5. The zero-order chi connectivity index (χ0) is 21.7. The van der Waals surface area contributed by atoms with Gasteiger partial charge in [0.2, 0.25) is 0 Å². The van der Waals surface area contributed by atoms with Crippen LogP contribution in [0.15, 0.2) is 42.6 Å². The van der Waals surface area contributed by atoms with Gasteiger partial charge in [0.25, 0.3) is 5.91 Å². The van der Waals surface area contributed by atoms with Gasteiger partial charge in [0, 0.05) is 25.0 Å². The highest BCUT2D eigenvalue weighted by Crippen LogP contribution is 2.31. The number of amides is 1. The maximum absolute atomic E-state index is 12.9. The number of nitrogens with one attached hydrogen (secondary N) is 1. The number of aromatic nitrogens is 1. The van der Waals surface area contributed by atoms with E-state index in [0.29, 0.717) is 19.0 Å². The number of esters is 1. The summed E-state index contributed by atoms with van der Waals surface area (Å²) in [6.45, 7) is 2.93. The number of likely N-dealkylation sites (tertiary alicyclic amines) is 1. The van der Waals surface area contributed by atoms with Crippen molar-refractivity contribution in [3.63, 3.8) is 0 Å². The SMILES string of the molecule is C[C@@H]1CCCN(C(=O)COC(=O)c2cccnc2Nc2cccc(C(F)(F)F)c2)C1. The molecule has 0 unspecified atom stereocenters. The highest BCUT2D eigenvalue weighted by Gasteiger charge is 2.30. The van der Waals surface area contributed by atoms with Crippen molar-refractivity contribution in [2.75, 3.05) is 25.0 Å². The second-order valence-electron chi connectivity index (χ2n) is 7.27. The lowest BCUT2D eigenvalue weighted by molar-refractivity contribution is -0.137. The van der Waals surface area contributed by atoms with Crippen molar-refractivity contribution < 1.29 is 27.5 Å². The Hall–Kier alpha value is -3.10. The van der Waals surface area contributed by atoms with Crippen molar-refractivity contribution in [1.29, 1.82) is 0 Å². The number of alkyl halides is 3. The summed E-state index contributed by atoms with van der Waals surface area (Å²) < 4.78 is 43.9. The molecule has 1 atom stereocenters. The van der Waals surface area contributed by atoms with E-state index in [1.165, 1.54) is 30.5 Å². The molecular formula is C21H22F3N3O3. The van der Waals surface area contributed by atoms with Gasteiger partial charge in [-0.3, -0.25) is 4.79 Å². The fraction of sp³-hybridized carbons (Fsp3) is 0.381. The van der Waals surface area contributed by atoms with Crippen LogP contribution < -0.4 is 5.32 Å². The van der Waals surface area contributed by atoms with Crippen LogP contribution >= 0.6 is 0 Å². The molecule has 160 valence electrons. The number of carbonyl (C=O) groups is 2. The number of halogens is 3. The molecule has 1 saturated heterocycles. The Morgan fingerprint density at radius 3 is 2.80 bits per heavy atom. The third-order valence-corrected chi connectivity index (χ3v) is 4.82. The number of carbonyl (C=O) groups excluding carboxylic acids is 2. The Morgan fingerprint density at radius 1 is 1.27 bits per heavy atom. The molecule has 1 N–H and O–H groups in total. The molecule has 0 saturated carbocycles. The first-order valence-corrected chi connectivity index (χ1v) is 9.58. The molecule has 1 aromatic heterocycles. The quantitative estimate of drug-likeness (QED) is 0.731. The molecule has 0 bridgehead atoms. The normalized spacial score (nSPS) is 16.8. The fourth-order valence-corrected chi connectivity index (χ4v) is 3.29. The largest absolute Gasteiger partial charge is 0.452 e. The molecule has 6 nitrogen and oxygen atoms in total. The molecule has 2 heterocycles. The molecule has 1 aliphatic rings. The number of hydrogen-bond donors (Lipinski definition) is 1. The first-order chi connectivity index (χ1) is 14.2. The van der Waals surface area contributed by atoms with E-state index in [-0.39, 0.29) is 23.0 Å². The fourth-order valence-electron chi connectivity index (χ4n) is 3.29. The molecule has 0 spiro atoms. The molecule has 0 aliphatic carbocycles. The van der Waals surface area contributed by atoms with Crippen LogP contribution in [-0.4, -0.2) is 41.5 Å². The molecule has 1 aromatic carbocycles. The van der Waals surface area contributed by atoms with Gasteiger partial charge in [0.05, 0.1) is 5.56 Å². The summed E-state index contributed by atoms with van der Waals surface area (Å²) >= 11 is 0. The molecular weight excluding hydrogens is 399 g/mol. The molecule has 3 rings (SSSR count). The number of rotatable bonds is 5. The van der Waals surface area contributed by atoms with Crippen molar-refractivity contribution in [3.05, 3.63) is 53.7 Å². The van der Waals surface area contributed by atoms with Gasteiger partial charge < -0.3 is 15.0 Å². The number of anilines is 2. The zero-order valence-corrected chi connectivity index (χ0v) is 16.4. The van der Waals surface area contributed by atoms with Gasteiger partial charge in [-0.25, -0.2) is 9.78 Å². The van der Waals surface area contributed by atoms with Gasteiger partial charge in [0.15, 0.2) is 6.61 Å². The second-order valence-corrected chi connectivity index (χ2v) is 7.27. The highest BCUT2D eigenvalue weighted by molar-refractivity contribution is 5.96. The minimum Gasteiger partial charge on any atom is -0.452 e. The van der Waals surface area contributed by atoms with Gasteiger partial charge in [-0.05, 0) is 49.1 Å². The number of ether oxygens (including phenoxy) is 1. The highest BCUT2D eigenvalue weighted by atomic mass is 19.4.